The molecule has 0 saturated heterocycles. The van der Waals surface area contributed by atoms with Crippen LogP contribution in [0.3, 0.4) is 0 Å². The topological polar surface area (TPSA) is 85.3 Å². The summed E-state index contributed by atoms with van der Waals surface area (Å²) in [5.74, 6) is -0.927. The van der Waals surface area contributed by atoms with Crippen LogP contribution in [-0.4, -0.2) is 15.6 Å². The van der Waals surface area contributed by atoms with E-state index in [-0.39, 0.29) is 25.1 Å². The third-order valence-corrected chi connectivity index (χ3v) is 2.85. The minimum Gasteiger partial charge on any atom is -0.481 e. The van der Waals surface area contributed by atoms with Gasteiger partial charge in [-0.25, -0.2) is 0 Å². The van der Waals surface area contributed by atoms with Crippen molar-refractivity contribution in [2.24, 2.45) is 5.73 Å². The van der Waals surface area contributed by atoms with E-state index in [0.29, 0.717) is 5.56 Å². The molecule has 0 aliphatic rings. The monoisotopic (exact) mass is 246 g/mol. The van der Waals surface area contributed by atoms with E-state index in [4.69, 9.17) is 10.8 Å². The van der Waals surface area contributed by atoms with Crippen LogP contribution in [-0.2, 0) is 17.9 Å². The summed E-state index contributed by atoms with van der Waals surface area (Å²) in [6.07, 6.45) is -0.0854. The van der Waals surface area contributed by atoms with Gasteiger partial charge in [0.2, 0.25) is 0 Å². The summed E-state index contributed by atoms with van der Waals surface area (Å²) in [7, 11) is 0. The fourth-order valence-electron chi connectivity index (χ4n) is 1.96. The number of nitrogens with zero attached hydrogens (tertiary/aromatic N) is 1. The molecule has 1 heterocycles. The zero-order valence-electron chi connectivity index (χ0n) is 9.80. The molecule has 18 heavy (non-hydrogen) atoms. The van der Waals surface area contributed by atoms with Crippen molar-refractivity contribution in [3.63, 3.8) is 0 Å². The minimum absolute atomic E-state index is 0.0854. The van der Waals surface area contributed by atoms with Gasteiger partial charge in [-0.3, -0.25) is 9.59 Å². The Morgan fingerprint density at radius 2 is 2.06 bits per heavy atom. The first kappa shape index (κ1) is 12.3. The van der Waals surface area contributed by atoms with Crippen molar-refractivity contribution in [2.75, 3.05) is 0 Å². The van der Waals surface area contributed by atoms with E-state index in [1.807, 2.05) is 18.2 Å². The Morgan fingerprint density at radius 3 is 2.72 bits per heavy atom. The van der Waals surface area contributed by atoms with Crippen molar-refractivity contribution < 1.29 is 9.90 Å². The molecule has 1 aromatic carbocycles. The highest BCUT2D eigenvalue weighted by atomic mass is 16.4. The molecule has 5 nitrogen and oxygen atoms in total. The first-order chi connectivity index (χ1) is 8.63. The van der Waals surface area contributed by atoms with Crippen molar-refractivity contribution >= 4 is 16.9 Å². The molecule has 0 spiro atoms. The van der Waals surface area contributed by atoms with Crippen LogP contribution < -0.4 is 11.3 Å². The van der Waals surface area contributed by atoms with Gasteiger partial charge < -0.3 is 15.4 Å². The predicted octanol–water partition coefficient (Wildman–Crippen LogP) is 0.935. The number of carbonyl (C=O) groups is 1. The maximum Gasteiger partial charge on any atom is 0.305 e. The lowest BCUT2D eigenvalue weighted by molar-refractivity contribution is -0.137. The zero-order valence-corrected chi connectivity index (χ0v) is 9.80. The Bertz CT molecular complexity index is 646. The van der Waals surface area contributed by atoms with Gasteiger partial charge in [-0.15, -0.1) is 0 Å². The standard InChI is InChI=1S/C13H14N2O3/c14-8-10-7-9-3-1-2-4-11(9)15(13(10)18)6-5-12(16)17/h1-4,7H,5-6,8,14H2,(H,16,17). The summed E-state index contributed by atoms with van der Waals surface area (Å²) in [6.45, 7) is 0.305. The van der Waals surface area contributed by atoms with Gasteiger partial charge >= 0.3 is 5.97 Å². The quantitative estimate of drug-likeness (QED) is 0.840. The molecule has 0 fully saturated rings. The molecule has 94 valence electrons. The van der Waals surface area contributed by atoms with E-state index in [2.05, 4.69) is 0 Å². The Morgan fingerprint density at radius 1 is 1.33 bits per heavy atom. The number of fused-ring (bicyclic) bond motifs is 1. The smallest absolute Gasteiger partial charge is 0.305 e. The fraction of sp³-hybridized carbons (Fsp3) is 0.231. The molecular formula is C13H14N2O3. The van der Waals surface area contributed by atoms with Gasteiger partial charge in [0.15, 0.2) is 0 Å². The maximum absolute atomic E-state index is 12.1. The molecule has 3 N–H and O–H groups in total. The van der Waals surface area contributed by atoms with E-state index in [0.717, 1.165) is 10.9 Å². The molecule has 0 amide bonds. The van der Waals surface area contributed by atoms with Crippen molar-refractivity contribution in [2.45, 2.75) is 19.5 Å². The first-order valence-electron chi connectivity index (χ1n) is 5.67. The van der Waals surface area contributed by atoms with Crippen LogP contribution in [0.4, 0.5) is 0 Å². The largest absolute Gasteiger partial charge is 0.481 e. The van der Waals surface area contributed by atoms with Gasteiger partial charge in [-0.1, -0.05) is 18.2 Å². The predicted molar refractivity (Wildman–Crippen MR) is 68.4 cm³/mol. The SMILES string of the molecule is NCc1cc2ccccc2n(CCC(=O)O)c1=O. The summed E-state index contributed by atoms with van der Waals surface area (Å²) in [4.78, 5) is 22.8. The second-order valence-electron chi connectivity index (χ2n) is 4.03. The zero-order chi connectivity index (χ0) is 13.1. The van der Waals surface area contributed by atoms with Gasteiger partial charge in [0.05, 0.1) is 11.9 Å². The Balaban J connectivity index is 2.63. The summed E-state index contributed by atoms with van der Waals surface area (Å²) >= 11 is 0. The number of nitrogens with two attached hydrogens (primary N) is 1. The van der Waals surface area contributed by atoms with Gasteiger partial charge in [0.25, 0.3) is 5.56 Å². The van der Waals surface area contributed by atoms with E-state index >= 15 is 0 Å². The number of carboxylic acid groups (broad SMARTS) is 1. The average molecular weight is 246 g/mol. The molecule has 2 rings (SSSR count). The molecular weight excluding hydrogens is 232 g/mol. The normalized spacial score (nSPS) is 10.7. The minimum atomic E-state index is -0.927. The number of hydrogen-bond donors (Lipinski definition) is 2. The number of aromatic nitrogens is 1. The second kappa shape index (κ2) is 5.01. The van der Waals surface area contributed by atoms with Gasteiger partial charge in [-0.05, 0) is 17.5 Å². The fourth-order valence-corrected chi connectivity index (χ4v) is 1.96. The molecule has 0 aliphatic heterocycles. The van der Waals surface area contributed by atoms with Crippen LogP contribution in [0.1, 0.15) is 12.0 Å². The highest BCUT2D eigenvalue weighted by molar-refractivity contribution is 5.79. The van der Waals surface area contributed by atoms with Crippen LogP contribution in [0, 0.1) is 0 Å². The Hall–Kier alpha value is -2.14. The third kappa shape index (κ3) is 2.26. The van der Waals surface area contributed by atoms with Crippen LogP contribution in [0.15, 0.2) is 35.1 Å². The highest BCUT2D eigenvalue weighted by Gasteiger charge is 2.09. The summed E-state index contributed by atoms with van der Waals surface area (Å²) < 4.78 is 1.48. The van der Waals surface area contributed by atoms with Crippen LogP contribution in [0.5, 0.6) is 0 Å². The van der Waals surface area contributed by atoms with Crippen molar-refractivity contribution in [3.8, 4) is 0 Å². The number of aryl methyl sites for hydroxylation is 1. The number of benzene rings is 1. The molecule has 0 saturated carbocycles. The van der Waals surface area contributed by atoms with Crippen LogP contribution in [0.25, 0.3) is 10.9 Å². The lowest BCUT2D eigenvalue weighted by atomic mass is 10.1. The number of rotatable bonds is 4. The Kier molecular flexibility index (Phi) is 3.43. The maximum atomic E-state index is 12.1. The van der Waals surface area contributed by atoms with E-state index in [1.165, 1.54) is 4.57 Å². The number of hydrogen-bond acceptors (Lipinski definition) is 3. The lowest BCUT2D eigenvalue weighted by Gasteiger charge is -2.11. The van der Waals surface area contributed by atoms with Crippen molar-refractivity contribution in [1.82, 2.24) is 4.57 Å². The van der Waals surface area contributed by atoms with E-state index < -0.39 is 5.97 Å². The average Bonchev–Trinajstić information content (AvgIpc) is 2.36. The molecule has 0 atom stereocenters. The highest BCUT2D eigenvalue weighted by Crippen LogP contribution is 2.13. The molecule has 2 aromatic rings. The molecule has 5 heteroatoms. The third-order valence-electron chi connectivity index (χ3n) is 2.85. The Labute approximate surface area is 103 Å². The molecule has 1 aromatic heterocycles. The summed E-state index contributed by atoms with van der Waals surface area (Å²) in [6, 6.07) is 9.13. The summed E-state index contributed by atoms with van der Waals surface area (Å²) in [5, 5.41) is 9.62. The number of pyridine rings is 1. The molecule has 0 unspecified atom stereocenters. The first-order valence-corrected chi connectivity index (χ1v) is 5.67. The van der Waals surface area contributed by atoms with E-state index in [9.17, 15) is 9.59 Å². The van der Waals surface area contributed by atoms with Crippen LogP contribution in [0.2, 0.25) is 0 Å². The molecule has 0 radical (unpaired) electrons. The van der Waals surface area contributed by atoms with Crippen molar-refractivity contribution in [1.29, 1.82) is 0 Å². The van der Waals surface area contributed by atoms with Crippen LogP contribution >= 0.6 is 0 Å². The molecule has 0 bridgehead atoms. The number of para-hydroxylation sites is 1. The van der Waals surface area contributed by atoms with Crippen molar-refractivity contribution in [3.05, 3.63) is 46.2 Å². The van der Waals surface area contributed by atoms with Gasteiger partial charge in [0.1, 0.15) is 0 Å². The lowest BCUT2D eigenvalue weighted by Crippen LogP contribution is -2.26. The van der Waals surface area contributed by atoms with Gasteiger partial charge in [-0.2, -0.15) is 0 Å². The second-order valence-corrected chi connectivity index (χ2v) is 4.03. The summed E-state index contributed by atoms with van der Waals surface area (Å²) in [5.41, 5.74) is 6.56. The number of carboxylic acids is 1. The number of aliphatic carboxylic acids is 1. The van der Waals surface area contributed by atoms with Gasteiger partial charge in [0, 0.05) is 18.7 Å². The van der Waals surface area contributed by atoms with E-state index in [1.54, 1.807) is 12.1 Å². The molecule has 0 aliphatic carbocycles.